The lowest BCUT2D eigenvalue weighted by Crippen LogP contribution is -2.22. The van der Waals surface area contributed by atoms with E-state index in [1.165, 1.54) is 23.9 Å². The topological polar surface area (TPSA) is 44.1 Å². The number of benzene rings is 1. The molecule has 1 aliphatic rings. The fraction of sp³-hybridized carbons (Fsp3) is 0.529. The Kier molecular flexibility index (Phi) is 4.19. The molecule has 4 nitrogen and oxygen atoms in total. The van der Waals surface area contributed by atoms with Crippen LogP contribution in [-0.4, -0.2) is 30.7 Å². The van der Waals surface area contributed by atoms with E-state index in [1.54, 1.807) is 0 Å². The summed E-state index contributed by atoms with van der Waals surface area (Å²) in [4.78, 5) is 11.0. The number of hydrogen-bond donors (Lipinski definition) is 0. The van der Waals surface area contributed by atoms with Crippen LogP contribution in [0.2, 0.25) is 25.7 Å². The van der Waals surface area contributed by atoms with Crippen LogP contribution >= 0.6 is 0 Å². The third kappa shape index (κ3) is 3.47. The monoisotopic (exact) mass is 316 g/mol. The summed E-state index contributed by atoms with van der Waals surface area (Å²) in [5.41, 5.74) is 2.87. The van der Waals surface area contributed by atoms with Crippen LogP contribution in [0.1, 0.15) is 34.8 Å². The molecule has 1 aromatic heterocycles. The van der Waals surface area contributed by atoms with Crippen LogP contribution in [0.3, 0.4) is 0 Å². The molecule has 0 N–H and O–H groups in total. The minimum absolute atomic E-state index is 0.468. The number of fused-ring (bicyclic) bond motifs is 1. The van der Waals surface area contributed by atoms with Crippen LogP contribution in [0.4, 0.5) is 0 Å². The van der Waals surface area contributed by atoms with E-state index in [-0.39, 0.29) is 0 Å². The molecule has 1 heterocycles. The molecule has 0 radical (unpaired) electrons. The number of aldehydes is 1. The highest BCUT2D eigenvalue weighted by molar-refractivity contribution is 6.76. The minimum atomic E-state index is -1.07. The van der Waals surface area contributed by atoms with Crippen LogP contribution in [0.25, 0.3) is 10.9 Å². The summed E-state index contributed by atoms with van der Waals surface area (Å²) in [6, 6.07) is 6.97. The van der Waals surface area contributed by atoms with Gasteiger partial charge in [0.15, 0.2) is 0 Å². The van der Waals surface area contributed by atoms with Crippen molar-refractivity contribution in [1.82, 2.24) is 9.78 Å². The standard InChI is InChI=1S/C17H24N2O2Si/c1-22(2,3)9-8-21-12-19-16-10-13(11-20)4-7-15(16)17(18-19)14-5-6-14/h4,7,10-11,14H,5-6,8-9,12H2,1-3H3. The summed E-state index contributed by atoms with van der Waals surface area (Å²) >= 11 is 0. The molecule has 5 heteroatoms. The van der Waals surface area contributed by atoms with Crippen LogP contribution in [0.5, 0.6) is 0 Å². The molecule has 22 heavy (non-hydrogen) atoms. The Morgan fingerprint density at radius 3 is 2.77 bits per heavy atom. The van der Waals surface area contributed by atoms with E-state index < -0.39 is 8.07 Å². The van der Waals surface area contributed by atoms with Gasteiger partial charge in [0.05, 0.1) is 11.2 Å². The van der Waals surface area contributed by atoms with E-state index in [0.29, 0.717) is 18.2 Å². The molecule has 0 spiro atoms. The van der Waals surface area contributed by atoms with E-state index in [4.69, 9.17) is 9.84 Å². The van der Waals surface area contributed by atoms with Crippen molar-refractivity contribution in [1.29, 1.82) is 0 Å². The summed E-state index contributed by atoms with van der Waals surface area (Å²) in [7, 11) is -1.07. The first-order valence-corrected chi connectivity index (χ1v) is 11.7. The number of rotatable bonds is 7. The smallest absolute Gasteiger partial charge is 0.150 e. The number of hydrogen-bond acceptors (Lipinski definition) is 3. The van der Waals surface area contributed by atoms with E-state index in [1.807, 2.05) is 22.9 Å². The lowest BCUT2D eigenvalue weighted by atomic mass is 10.1. The van der Waals surface area contributed by atoms with Crippen LogP contribution in [0, 0.1) is 0 Å². The highest BCUT2D eigenvalue weighted by Gasteiger charge is 2.29. The maximum absolute atomic E-state index is 11.0. The van der Waals surface area contributed by atoms with Crippen molar-refractivity contribution in [2.45, 2.75) is 51.2 Å². The Morgan fingerprint density at radius 2 is 2.14 bits per heavy atom. The fourth-order valence-electron chi connectivity index (χ4n) is 2.58. The lowest BCUT2D eigenvalue weighted by molar-refractivity contribution is 0.0814. The van der Waals surface area contributed by atoms with Gasteiger partial charge in [0.2, 0.25) is 0 Å². The quantitative estimate of drug-likeness (QED) is 0.440. The summed E-state index contributed by atoms with van der Waals surface area (Å²) < 4.78 is 7.75. The molecule has 118 valence electrons. The predicted octanol–water partition coefficient (Wildman–Crippen LogP) is 4.04. The minimum Gasteiger partial charge on any atom is -0.360 e. The molecule has 0 unspecified atom stereocenters. The highest BCUT2D eigenvalue weighted by atomic mass is 28.3. The van der Waals surface area contributed by atoms with Crippen LogP contribution in [0.15, 0.2) is 18.2 Å². The molecular formula is C17H24N2O2Si. The van der Waals surface area contributed by atoms with Crippen molar-refractivity contribution in [3.05, 3.63) is 29.5 Å². The maximum atomic E-state index is 11.0. The average Bonchev–Trinajstić information content (AvgIpc) is 3.25. The number of carbonyl (C=O) groups excluding carboxylic acids is 1. The van der Waals surface area contributed by atoms with Gasteiger partial charge in [0.1, 0.15) is 13.0 Å². The Bertz CT molecular complexity index is 684. The van der Waals surface area contributed by atoms with Crippen molar-refractivity contribution >= 4 is 25.3 Å². The Labute approximate surface area is 132 Å². The van der Waals surface area contributed by atoms with Crippen LogP contribution in [-0.2, 0) is 11.5 Å². The van der Waals surface area contributed by atoms with Gasteiger partial charge in [0.25, 0.3) is 0 Å². The van der Waals surface area contributed by atoms with Gasteiger partial charge in [-0.15, -0.1) is 0 Å². The third-order valence-corrected chi connectivity index (χ3v) is 5.82. The number of ether oxygens (including phenoxy) is 1. The summed E-state index contributed by atoms with van der Waals surface area (Å²) in [5, 5.41) is 5.92. The SMILES string of the molecule is C[Si](C)(C)CCOCn1nc(C2CC2)c2ccc(C=O)cc21. The number of nitrogens with zero attached hydrogens (tertiary/aromatic N) is 2. The Morgan fingerprint density at radius 1 is 1.36 bits per heavy atom. The summed E-state index contributed by atoms with van der Waals surface area (Å²) in [5.74, 6) is 0.591. The first kappa shape index (κ1) is 15.4. The van der Waals surface area contributed by atoms with E-state index >= 15 is 0 Å². The molecule has 0 saturated heterocycles. The van der Waals surface area contributed by atoms with Crippen molar-refractivity contribution < 1.29 is 9.53 Å². The van der Waals surface area contributed by atoms with Gasteiger partial charge in [-0.05, 0) is 25.0 Å². The van der Waals surface area contributed by atoms with Crippen LogP contribution < -0.4 is 0 Å². The van der Waals surface area contributed by atoms with Gasteiger partial charge in [0, 0.05) is 31.5 Å². The second-order valence-electron chi connectivity index (χ2n) is 7.40. The molecule has 1 aromatic carbocycles. The van der Waals surface area contributed by atoms with E-state index in [9.17, 15) is 4.79 Å². The van der Waals surface area contributed by atoms with Gasteiger partial charge in [-0.1, -0.05) is 31.8 Å². The lowest BCUT2D eigenvalue weighted by Gasteiger charge is -2.15. The highest BCUT2D eigenvalue weighted by Crippen LogP contribution is 2.42. The Balaban J connectivity index is 1.80. The first-order valence-electron chi connectivity index (χ1n) is 8.01. The normalized spacial score (nSPS) is 15.4. The van der Waals surface area contributed by atoms with Crippen molar-refractivity contribution in [3.8, 4) is 0 Å². The largest absolute Gasteiger partial charge is 0.360 e. The molecule has 0 aliphatic heterocycles. The molecule has 0 amide bonds. The van der Waals surface area contributed by atoms with Gasteiger partial charge >= 0.3 is 0 Å². The molecule has 2 aromatic rings. The van der Waals surface area contributed by atoms with Crippen molar-refractivity contribution in [2.24, 2.45) is 0 Å². The molecule has 1 saturated carbocycles. The van der Waals surface area contributed by atoms with Gasteiger partial charge in [-0.25, -0.2) is 4.68 Å². The van der Waals surface area contributed by atoms with E-state index in [2.05, 4.69) is 19.6 Å². The van der Waals surface area contributed by atoms with E-state index in [0.717, 1.165) is 24.5 Å². The zero-order chi connectivity index (χ0) is 15.7. The molecule has 1 aliphatic carbocycles. The zero-order valence-corrected chi connectivity index (χ0v) is 14.6. The third-order valence-electron chi connectivity index (χ3n) is 4.11. The van der Waals surface area contributed by atoms with Gasteiger partial charge in [-0.2, -0.15) is 5.10 Å². The number of carbonyl (C=O) groups is 1. The van der Waals surface area contributed by atoms with Gasteiger partial charge in [-0.3, -0.25) is 4.79 Å². The second-order valence-corrected chi connectivity index (χ2v) is 13.0. The first-order chi connectivity index (χ1) is 10.5. The average molecular weight is 316 g/mol. The molecular weight excluding hydrogens is 292 g/mol. The number of aromatic nitrogens is 2. The van der Waals surface area contributed by atoms with Crippen molar-refractivity contribution in [3.63, 3.8) is 0 Å². The maximum Gasteiger partial charge on any atom is 0.150 e. The second kappa shape index (κ2) is 5.97. The van der Waals surface area contributed by atoms with Gasteiger partial charge < -0.3 is 4.74 Å². The zero-order valence-electron chi connectivity index (χ0n) is 13.6. The predicted molar refractivity (Wildman–Crippen MR) is 91.2 cm³/mol. The molecule has 3 rings (SSSR count). The fourth-order valence-corrected chi connectivity index (χ4v) is 3.33. The molecule has 1 fully saturated rings. The molecule has 0 atom stereocenters. The summed E-state index contributed by atoms with van der Waals surface area (Å²) in [6.07, 6.45) is 3.33. The molecule has 0 bridgehead atoms. The van der Waals surface area contributed by atoms with Crippen molar-refractivity contribution in [2.75, 3.05) is 6.61 Å². The Hall–Kier alpha value is -1.46. The summed E-state index contributed by atoms with van der Waals surface area (Å²) in [6.45, 7) is 8.29.